The molecule has 0 saturated carbocycles. The van der Waals surface area contributed by atoms with Crippen molar-refractivity contribution in [3.05, 3.63) is 36.4 Å². The molecule has 108 valence electrons. The summed E-state index contributed by atoms with van der Waals surface area (Å²) in [7, 11) is 1.79. The molecule has 1 aliphatic rings. The predicted octanol–water partition coefficient (Wildman–Crippen LogP) is 1.38. The Morgan fingerprint density at radius 3 is 2.90 bits per heavy atom. The maximum atomic E-state index is 5.53. The number of hydrogen-bond donors (Lipinski definition) is 1. The topological polar surface area (TPSA) is 59.0 Å². The van der Waals surface area contributed by atoms with Crippen LogP contribution in [0.4, 0.5) is 0 Å². The van der Waals surface area contributed by atoms with E-state index < -0.39 is 0 Å². The number of aromatic nitrogens is 4. The maximum absolute atomic E-state index is 5.53. The smallest absolute Gasteiger partial charge is 0.123 e. The standard InChI is InChI=1S/C14H21N5O/c1-11-15-5-6-18(11)7-8-19-10-12(20-2)9-13(19)14-16-3-4-17-14/h3-6,12-13H,7-10H2,1-2H3,(H,16,17)/t12-,13?/m1/s1. The molecule has 6 nitrogen and oxygen atoms in total. The molecule has 20 heavy (non-hydrogen) atoms. The van der Waals surface area contributed by atoms with Gasteiger partial charge >= 0.3 is 0 Å². The normalized spacial score (nSPS) is 23.5. The first kappa shape index (κ1) is 13.3. The highest BCUT2D eigenvalue weighted by Gasteiger charge is 2.34. The van der Waals surface area contributed by atoms with Gasteiger partial charge in [-0.3, -0.25) is 4.90 Å². The Morgan fingerprint density at radius 1 is 1.35 bits per heavy atom. The molecule has 0 aliphatic carbocycles. The van der Waals surface area contributed by atoms with Crippen LogP contribution in [0.3, 0.4) is 0 Å². The van der Waals surface area contributed by atoms with Crippen molar-refractivity contribution in [3.8, 4) is 0 Å². The van der Waals surface area contributed by atoms with Gasteiger partial charge in [0.1, 0.15) is 11.6 Å². The fourth-order valence-corrected chi connectivity index (χ4v) is 2.90. The van der Waals surface area contributed by atoms with Crippen LogP contribution in [-0.4, -0.2) is 50.7 Å². The maximum Gasteiger partial charge on any atom is 0.123 e. The molecule has 0 spiro atoms. The Labute approximate surface area is 118 Å². The van der Waals surface area contributed by atoms with Gasteiger partial charge in [0, 0.05) is 51.5 Å². The molecule has 1 saturated heterocycles. The van der Waals surface area contributed by atoms with Gasteiger partial charge < -0.3 is 14.3 Å². The molecule has 0 radical (unpaired) electrons. The van der Waals surface area contributed by atoms with Gasteiger partial charge in [-0.05, 0) is 13.3 Å². The second-order valence-corrected chi connectivity index (χ2v) is 5.25. The van der Waals surface area contributed by atoms with E-state index in [1.165, 1.54) is 0 Å². The van der Waals surface area contributed by atoms with E-state index in [-0.39, 0.29) is 6.10 Å². The Morgan fingerprint density at radius 2 is 2.25 bits per heavy atom. The zero-order valence-corrected chi connectivity index (χ0v) is 12.0. The molecule has 1 N–H and O–H groups in total. The lowest BCUT2D eigenvalue weighted by atomic mass is 10.2. The van der Waals surface area contributed by atoms with Crippen LogP contribution in [0.25, 0.3) is 0 Å². The summed E-state index contributed by atoms with van der Waals surface area (Å²) >= 11 is 0. The van der Waals surface area contributed by atoms with Crippen molar-refractivity contribution in [2.24, 2.45) is 0 Å². The lowest BCUT2D eigenvalue weighted by molar-refractivity contribution is 0.107. The molecule has 2 atom stereocenters. The van der Waals surface area contributed by atoms with Crippen molar-refractivity contribution in [2.45, 2.75) is 32.0 Å². The largest absolute Gasteiger partial charge is 0.380 e. The number of imidazole rings is 2. The van der Waals surface area contributed by atoms with E-state index in [1.54, 1.807) is 7.11 Å². The summed E-state index contributed by atoms with van der Waals surface area (Å²) in [6.07, 6.45) is 8.85. The van der Waals surface area contributed by atoms with Crippen LogP contribution < -0.4 is 0 Å². The summed E-state index contributed by atoms with van der Waals surface area (Å²) in [6, 6.07) is 0.318. The van der Waals surface area contributed by atoms with E-state index >= 15 is 0 Å². The highest BCUT2D eigenvalue weighted by atomic mass is 16.5. The molecule has 3 heterocycles. The van der Waals surface area contributed by atoms with E-state index in [2.05, 4.69) is 24.4 Å². The van der Waals surface area contributed by atoms with Gasteiger partial charge in [-0.2, -0.15) is 0 Å². The second kappa shape index (κ2) is 5.76. The first-order valence-corrected chi connectivity index (χ1v) is 7.02. The first-order valence-electron chi connectivity index (χ1n) is 7.02. The average molecular weight is 275 g/mol. The quantitative estimate of drug-likeness (QED) is 0.895. The van der Waals surface area contributed by atoms with Gasteiger partial charge in [0.2, 0.25) is 0 Å². The number of nitrogens with zero attached hydrogens (tertiary/aromatic N) is 4. The van der Waals surface area contributed by atoms with Gasteiger partial charge in [-0.15, -0.1) is 0 Å². The molecule has 1 aliphatic heterocycles. The lowest BCUT2D eigenvalue weighted by Gasteiger charge is -2.22. The minimum Gasteiger partial charge on any atom is -0.380 e. The van der Waals surface area contributed by atoms with E-state index in [0.29, 0.717) is 6.04 Å². The Balaban J connectivity index is 1.68. The summed E-state index contributed by atoms with van der Waals surface area (Å²) in [5.41, 5.74) is 0. The van der Waals surface area contributed by atoms with Crippen LogP contribution in [0.5, 0.6) is 0 Å². The Hall–Kier alpha value is -1.66. The SMILES string of the molecule is CO[C@@H]1CC(c2ncc[nH]2)N(CCn2ccnc2C)C1. The number of likely N-dealkylation sites (tertiary alicyclic amines) is 1. The average Bonchev–Trinajstić information content (AvgIpc) is 3.16. The van der Waals surface area contributed by atoms with Crippen molar-refractivity contribution in [3.63, 3.8) is 0 Å². The number of aromatic amines is 1. The zero-order valence-electron chi connectivity index (χ0n) is 12.0. The van der Waals surface area contributed by atoms with Crippen LogP contribution in [-0.2, 0) is 11.3 Å². The molecule has 2 aromatic rings. The molecular weight excluding hydrogens is 254 g/mol. The fraction of sp³-hybridized carbons (Fsp3) is 0.571. The van der Waals surface area contributed by atoms with Gasteiger partial charge in [0.15, 0.2) is 0 Å². The molecule has 0 amide bonds. The van der Waals surface area contributed by atoms with Crippen LogP contribution in [0.2, 0.25) is 0 Å². The number of nitrogens with one attached hydrogen (secondary N) is 1. The molecule has 2 aromatic heterocycles. The first-order chi connectivity index (χ1) is 9.78. The third-order valence-corrected chi connectivity index (χ3v) is 4.09. The summed E-state index contributed by atoms with van der Waals surface area (Å²) in [4.78, 5) is 14.3. The van der Waals surface area contributed by atoms with Crippen molar-refractivity contribution in [2.75, 3.05) is 20.2 Å². The second-order valence-electron chi connectivity index (χ2n) is 5.25. The van der Waals surface area contributed by atoms with Crippen molar-refractivity contribution in [1.29, 1.82) is 0 Å². The number of H-pyrrole nitrogens is 1. The molecule has 1 fully saturated rings. The predicted molar refractivity (Wildman–Crippen MR) is 75.3 cm³/mol. The summed E-state index contributed by atoms with van der Waals surface area (Å²) < 4.78 is 7.71. The number of rotatable bonds is 5. The summed E-state index contributed by atoms with van der Waals surface area (Å²) in [6.45, 7) is 4.91. The Kier molecular flexibility index (Phi) is 3.84. The number of aryl methyl sites for hydroxylation is 1. The highest BCUT2D eigenvalue weighted by Crippen LogP contribution is 2.31. The van der Waals surface area contributed by atoms with Gasteiger partial charge in [-0.1, -0.05) is 0 Å². The third-order valence-electron chi connectivity index (χ3n) is 4.09. The molecule has 0 aromatic carbocycles. The third kappa shape index (κ3) is 2.62. The van der Waals surface area contributed by atoms with Crippen LogP contribution in [0, 0.1) is 6.92 Å². The molecule has 1 unspecified atom stereocenters. The minimum atomic E-state index is 0.286. The van der Waals surface area contributed by atoms with Crippen molar-refractivity contribution in [1.82, 2.24) is 24.4 Å². The van der Waals surface area contributed by atoms with Gasteiger partial charge in [-0.25, -0.2) is 9.97 Å². The highest BCUT2D eigenvalue weighted by molar-refractivity contribution is 5.02. The van der Waals surface area contributed by atoms with Crippen LogP contribution in [0.15, 0.2) is 24.8 Å². The van der Waals surface area contributed by atoms with E-state index in [9.17, 15) is 0 Å². The zero-order chi connectivity index (χ0) is 13.9. The fourth-order valence-electron chi connectivity index (χ4n) is 2.90. The molecular formula is C14H21N5O. The number of methoxy groups -OCH3 is 1. The van der Waals surface area contributed by atoms with Crippen LogP contribution in [0.1, 0.15) is 24.1 Å². The van der Waals surface area contributed by atoms with Crippen LogP contribution >= 0.6 is 0 Å². The monoisotopic (exact) mass is 275 g/mol. The van der Waals surface area contributed by atoms with Gasteiger partial charge in [0.25, 0.3) is 0 Å². The van der Waals surface area contributed by atoms with E-state index in [4.69, 9.17) is 4.74 Å². The summed E-state index contributed by atoms with van der Waals surface area (Å²) in [5, 5.41) is 0. The minimum absolute atomic E-state index is 0.286. The molecule has 3 rings (SSSR count). The number of hydrogen-bond acceptors (Lipinski definition) is 4. The summed E-state index contributed by atoms with van der Waals surface area (Å²) in [5.74, 6) is 2.09. The Bertz CT molecular complexity index is 536. The molecule has 6 heteroatoms. The number of ether oxygens (including phenoxy) is 1. The van der Waals surface area contributed by atoms with Gasteiger partial charge in [0.05, 0.1) is 12.1 Å². The van der Waals surface area contributed by atoms with E-state index in [1.807, 2.05) is 31.7 Å². The van der Waals surface area contributed by atoms with Crippen molar-refractivity contribution >= 4 is 0 Å². The van der Waals surface area contributed by atoms with Crippen molar-refractivity contribution < 1.29 is 4.74 Å². The lowest BCUT2D eigenvalue weighted by Crippen LogP contribution is -2.29. The molecule has 0 bridgehead atoms. The van der Waals surface area contributed by atoms with E-state index in [0.717, 1.165) is 37.7 Å².